The number of hydrogen-bond donors (Lipinski definition) is 1. The third-order valence-electron chi connectivity index (χ3n) is 6.89. The predicted molar refractivity (Wildman–Crippen MR) is 134 cm³/mol. The van der Waals surface area contributed by atoms with Gasteiger partial charge in [0.25, 0.3) is 5.56 Å². The van der Waals surface area contributed by atoms with Crippen molar-refractivity contribution in [1.82, 2.24) is 14.5 Å². The molecule has 1 aliphatic heterocycles. The first-order valence-corrected chi connectivity index (χ1v) is 12.4. The Morgan fingerprint density at radius 2 is 1.88 bits per heavy atom. The van der Waals surface area contributed by atoms with Gasteiger partial charge in [0.15, 0.2) is 0 Å². The zero-order valence-corrected chi connectivity index (χ0v) is 19.8. The first-order chi connectivity index (χ1) is 16.6. The van der Waals surface area contributed by atoms with Crippen molar-refractivity contribution in [3.63, 3.8) is 0 Å². The maximum absolute atomic E-state index is 13.4. The lowest BCUT2D eigenvalue weighted by molar-refractivity contribution is -0.116. The molecule has 5 rings (SSSR count). The normalized spacial score (nSPS) is 15.1. The molecular formula is C28H32N4O2. The lowest BCUT2D eigenvalue weighted by atomic mass is 10.0. The molecule has 0 saturated carbocycles. The quantitative estimate of drug-likeness (QED) is 0.586. The van der Waals surface area contributed by atoms with Gasteiger partial charge in [-0.2, -0.15) is 0 Å². The summed E-state index contributed by atoms with van der Waals surface area (Å²) in [5.41, 5.74) is 6.32. The van der Waals surface area contributed by atoms with Crippen LogP contribution in [0.15, 0.2) is 53.3 Å². The van der Waals surface area contributed by atoms with E-state index in [4.69, 9.17) is 4.98 Å². The van der Waals surface area contributed by atoms with E-state index in [1.165, 1.54) is 23.1 Å². The van der Waals surface area contributed by atoms with Crippen LogP contribution in [0.2, 0.25) is 0 Å². The second-order valence-electron chi connectivity index (χ2n) is 9.43. The number of amides is 1. The van der Waals surface area contributed by atoms with Gasteiger partial charge in [-0.3, -0.25) is 19.1 Å². The summed E-state index contributed by atoms with van der Waals surface area (Å²) in [6.45, 7) is 4.39. The highest BCUT2D eigenvalue weighted by atomic mass is 16.2. The number of aromatic nitrogens is 2. The number of carbonyl (C=O) groups is 1. The molecule has 0 atom stereocenters. The molecule has 34 heavy (non-hydrogen) atoms. The highest BCUT2D eigenvalue weighted by molar-refractivity contribution is 5.90. The standard InChI is InChI=1S/C28H32N4O2/c1-2-7-26-30-25-18-31(17-20-8-4-3-5-9-20)15-14-24(25)28(34)32(26)19-27(33)29-23-13-12-21-10-6-11-22(21)16-23/h3-5,8-9,12-13,16H,2,6-7,10-11,14-15,17-19H2,1H3,(H,29,33). The van der Waals surface area contributed by atoms with Gasteiger partial charge in [-0.05, 0) is 60.9 Å². The van der Waals surface area contributed by atoms with E-state index in [1.54, 1.807) is 4.57 Å². The summed E-state index contributed by atoms with van der Waals surface area (Å²) in [6, 6.07) is 16.5. The van der Waals surface area contributed by atoms with E-state index in [1.807, 2.05) is 12.1 Å². The first kappa shape index (κ1) is 22.5. The van der Waals surface area contributed by atoms with Gasteiger partial charge in [0, 0.05) is 37.3 Å². The Labute approximate surface area is 200 Å². The molecular weight excluding hydrogens is 424 g/mol. The van der Waals surface area contributed by atoms with E-state index in [-0.39, 0.29) is 18.0 Å². The Bertz CT molecular complexity index is 1250. The summed E-state index contributed by atoms with van der Waals surface area (Å²) in [5.74, 6) is 0.526. The number of carbonyl (C=O) groups excluding carboxylic acids is 1. The van der Waals surface area contributed by atoms with Gasteiger partial charge in [-0.1, -0.05) is 43.3 Å². The molecule has 0 unspecified atom stereocenters. The topological polar surface area (TPSA) is 67.2 Å². The van der Waals surface area contributed by atoms with Crippen LogP contribution in [-0.4, -0.2) is 26.9 Å². The van der Waals surface area contributed by atoms with Gasteiger partial charge >= 0.3 is 0 Å². The molecule has 1 aromatic heterocycles. The number of anilines is 1. The maximum atomic E-state index is 13.4. The fourth-order valence-corrected chi connectivity index (χ4v) is 5.18. The Morgan fingerprint density at radius 1 is 1.06 bits per heavy atom. The van der Waals surface area contributed by atoms with E-state index in [0.29, 0.717) is 25.2 Å². The first-order valence-electron chi connectivity index (χ1n) is 12.4. The molecule has 2 heterocycles. The largest absolute Gasteiger partial charge is 0.325 e. The molecule has 1 N–H and O–H groups in total. The van der Waals surface area contributed by atoms with E-state index in [0.717, 1.165) is 49.3 Å². The van der Waals surface area contributed by atoms with E-state index in [9.17, 15) is 9.59 Å². The maximum Gasteiger partial charge on any atom is 0.257 e. The molecule has 176 valence electrons. The van der Waals surface area contributed by atoms with Gasteiger partial charge in [-0.25, -0.2) is 4.98 Å². The third-order valence-corrected chi connectivity index (χ3v) is 6.89. The van der Waals surface area contributed by atoms with Crippen LogP contribution >= 0.6 is 0 Å². The summed E-state index contributed by atoms with van der Waals surface area (Å²) in [7, 11) is 0. The van der Waals surface area contributed by atoms with Crippen LogP contribution in [0, 0.1) is 0 Å². The molecule has 1 amide bonds. The molecule has 6 heteroatoms. The second-order valence-corrected chi connectivity index (χ2v) is 9.43. The second kappa shape index (κ2) is 9.94. The molecule has 0 spiro atoms. The lowest BCUT2D eigenvalue weighted by Gasteiger charge is -2.29. The highest BCUT2D eigenvalue weighted by Crippen LogP contribution is 2.25. The molecule has 2 aliphatic rings. The van der Waals surface area contributed by atoms with Crippen molar-refractivity contribution in [1.29, 1.82) is 0 Å². The number of nitrogens with zero attached hydrogens (tertiary/aromatic N) is 3. The average molecular weight is 457 g/mol. The van der Waals surface area contributed by atoms with Crippen molar-refractivity contribution in [2.45, 2.75) is 65.1 Å². The van der Waals surface area contributed by atoms with Crippen LogP contribution in [0.1, 0.15) is 53.5 Å². The smallest absolute Gasteiger partial charge is 0.257 e. The van der Waals surface area contributed by atoms with Gasteiger partial charge in [-0.15, -0.1) is 0 Å². The summed E-state index contributed by atoms with van der Waals surface area (Å²) < 4.78 is 1.60. The SMILES string of the molecule is CCCc1nc2c(c(=O)n1CC(=O)Nc1ccc3c(c1)CCC3)CCN(Cc1ccccc1)C2. The van der Waals surface area contributed by atoms with Crippen molar-refractivity contribution < 1.29 is 4.79 Å². The van der Waals surface area contributed by atoms with E-state index in [2.05, 4.69) is 53.5 Å². The van der Waals surface area contributed by atoms with Crippen LogP contribution in [0.3, 0.4) is 0 Å². The zero-order chi connectivity index (χ0) is 23.5. The Kier molecular flexibility index (Phi) is 6.59. The van der Waals surface area contributed by atoms with E-state index >= 15 is 0 Å². The molecule has 0 bridgehead atoms. The van der Waals surface area contributed by atoms with Crippen LogP contribution in [0.4, 0.5) is 5.69 Å². The van der Waals surface area contributed by atoms with Crippen LogP contribution in [0.25, 0.3) is 0 Å². The van der Waals surface area contributed by atoms with Crippen molar-refractivity contribution in [2.24, 2.45) is 0 Å². The zero-order valence-electron chi connectivity index (χ0n) is 19.8. The van der Waals surface area contributed by atoms with Crippen molar-refractivity contribution in [3.8, 4) is 0 Å². The van der Waals surface area contributed by atoms with Gasteiger partial charge < -0.3 is 5.32 Å². The molecule has 0 fully saturated rings. The number of benzene rings is 2. The number of fused-ring (bicyclic) bond motifs is 2. The molecule has 0 radical (unpaired) electrons. The number of aryl methyl sites for hydroxylation is 3. The van der Waals surface area contributed by atoms with Gasteiger partial charge in [0.1, 0.15) is 12.4 Å². The van der Waals surface area contributed by atoms with Crippen molar-refractivity contribution >= 4 is 11.6 Å². The number of rotatable bonds is 7. The van der Waals surface area contributed by atoms with Crippen LogP contribution in [0.5, 0.6) is 0 Å². The van der Waals surface area contributed by atoms with Gasteiger partial charge in [0.2, 0.25) is 5.91 Å². The van der Waals surface area contributed by atoms with E-state index < -0.39 is 0 Å². The third kappa shape index (κ3) is 4.82. The molecule has 1 aliphatic carbocycles. The Morgan fingerprint density at radius 3 is 2.71 bits per heavy atom. The number of hydrogen-bond acceptors (Lipinski definition) is 4. The molecule has 3 aromatic rings. The predicted octanol–water partition coefficient (Wildman–Crippen LogP) is 3.88. The summed E-state index contributed by atoms with van der Waals surface area (Å²) in [4.78, 5) is 33.6. The average Bonchev–Trinajstić information content (AvgIpc) is 3.30. The fourth-order valence-electron chi connectivity index (χ4n) is 5.18. The Hall–Kier alpha value is -3.25. The Balaban J connectivity index is 1.34. The molecule has 2 aromatic carbocycles. The fraction of sp³-hybridized carbons (Fsp3) is 0.393. The minimum atomic E-state index is -0.180. The molecule has 6 nitrogen and oxygen atoms in total. The minimum absolute atomic E-state index is 0.000733. The minimum Gasteiger partial charge on any atom is -0.325 e. The summed E-state index contributed by atoms with van der Waals surface area (Å²) in [6.07, 6.45) is 5.55. The van der Waals surface area contributed by atoms with Gasteiger partial charge in [0.05, 0.1) is 5.69 Å². The molecule has 0 saturated heterocycles. The number of nitrogens with one attached hydrogen (secondary N) is 1. The summed E-state index contributed by atoms with van der Waals surface area (Å²) in [5, 5.41) is 3.00. The lowest BCUT2D eigenvalue weighted by Crippen LogP contribution is -2.40. The highest BCUT2D eigenvalue weighted by Gasteiger charge is 2.24. The van der Waals surface area contributed by atoms with Crippen LogP contribution in [-0.2, 0) is 50.1 Å². The van der Waals surface area contributed by atoms with Crippen molar-refractivity contribution in [3.05, 3.63) is 92.7 Å². The van der Waals surface area contributed by atoms with Crippen LogP contribution < -0.4 is 10.9 Å². The summed E-state index contributed by atoms with van der Waals surface area (Å²) >= 11 is 0. The van der Waals surface area contributed by atoms with Crippen molar-refractivity contribution in [2.75, 3.05) is 11.9 Å². The monoisotopic (exact) mass is 456 g/mol.